The fraction of sp³-hybridized carbons (Fsp3) is 1.00. The normalized spacial score (nSPS) is 34.2. The highest BCUT2D eigenvalue weighted by molar-refractivity contribution is 7.87. The van der Waals surface area contributed by atoms with Gasteiger partial charge in [0.1, 0.15) is 0 Å². The summed E-state index contributed by atoms with van der Waals surface area (Å²) in [6, 6.07) is 0.0192. The average Bonchev–Trinajstić information content (AvgIpc) is 2.42. The van der Waals surface area contributed by atoms with Crippen LogP contribution in [0.1, 0.15) is 26.2 Å². The van der Waals surface area contributed by atoms with Gasteiger partial charge in [0.05, 0.1) is 0 Å². The third-order valence-electron chi connectivity index (χ3n) is 4.49. The Hall–Kier alpha value is -0.210. The summed E-state index contributed by atoms with van der Waals surface area (Å²) in [5.41, 5.74) is 0. The number of likely N-dealkylation sites (tertiary alicyclic amines) is 1. The zero-order valence-corrected chi connectivity index (χ0v) is 13.3. The van der Waals surface area contributed by atoms with E-state index in [0.717, 1.165) is 32.4 Å². The van der Waals surface area contributed by atoms with Crippen molar-refractivity contribution < 1.29 is 13.5 Å². The van der Waals surface area contributed by atoms with Crippen LogP contribution in [-0.4, -0.2) is 68.6 Å². The minimum atomic E-state index is -3.42. The summed E-state index contributed by atoms with van der Waals surface area (Å²) in [6.07, 6.45) is 2.59. The van der Waals surface area contributed by atoms with Crippen molar-refractivity contribution >= 4 is 10.2 Å². The van der Waals surface area contributed by atoms with Gasteiger partial charge in [0, 0.05) is 32.3 Å². The number of nitrogens with zero attached hydrogens (tertiary/aromatic N) is 2. The summed E-state index contributed by atoms with van der Waals surface area (Å²) in [7, 11) is -1.36. The van der Waals surface area contributed by atoms with Crippen LogP contribution < -0.4 is 4.72 Å². The van der Waals surface area contributed by atoms with Crippen LogP contribution in [0.15, 0.2) is 0 Å². The molecule has 2 rings (SSSR count). The zero-order valence-electron chi connectivity index (χ0n) is 12.5. The average molecular weight is 305 g/mol. The number of aliphatic hydroxyl groups is 1. The molecule has 0 spiro atoms. The number of aliphatic hydroxyl groups excluding tert-OH is 1. The summed E-state index contributed by atoms with van der Waals surface area (Å²) in [4.78, 5) is 2.23. The quantitative estimate of drug-likeness (QED) is 0.759. The highest BCUT2D eigenvalue weighted by Crippen LogP contribution is 2.21. The second-order valence-corrected chi connectivity index (χ2v) is 8.01. The molecule has 0 aromatic heterocycles. The van der Waals surface area contributed by atoms with Crippen molar-refractivity contribution in [3.63, 3.8) is 0 Å². The summed E-state index contributed by atoms with van der Waals surface area (Å²) in [6.45, 7) is 5.01. The molecule has 2 N–H and O–H groups in total. The first-order chi connectivity index (χ1) is 9.42. The molecule has 0 amide bonds. The third-order valence-corrected chi connectivity index (χ3v) is 6.10. The molecular weight excluding hydrogens is 278 g/mol. The van der Waals surface area contributed by atoms with E-state index in [9.17, 15) is 13.5 Å². The molecule has 2 fully saturated rings. The van der Waals surface area contributed by atoms with E-state index >= 15 is 0 Å². The van der Waals surface area contributed by atoms with Crippen LogP contribution in [0.2, 0.25) is 0 Å². The molecule has 0 radical (unpaired) electrons. The molecule has 2 heterocycles. The molecule has 0 aromatic rings. The largest absolute Gasteiger partial charge is 0.396 e. The molecule has 0 saturated carbocycles. The van der Waals surface area contributed by atoms with Gasteiger partial charge >= 0.3 is 0 Å². The van der Waals surface area contributed by atoms with E-state index in [-0.39, 0.29) is 18.6 Å². The second kappa shape index (κ2) is 6.70. The lowest BCUT2D eigenvalue weighted by Gasteiger charge is -2.37. The van der Waals surface area contributed by atoms with Gasteiger partial charge in [0.25, 0.3) is 10.2 Å². The second-order valence-electron chi connectivity index (χ2n) is 6.31. The fourth-order valence-corrected chi connectivity index (χ4v) is 4.85. The SMILES string of the molecule is CC1CN(C)CCC1NS(=O)(=O)N1CCCC(CO)C1. The summed E-state index contributed by atoms with van der Waals surface area (Å²) in [5, 5.41) is 9.22. The lowest BCUT2D eigenvalue weighted by atomic mass is 9.95. The van der Waals surface area contributed by atoms with Gasteiger partial charge in [-0.15, -0.1) is 0 Å². The van der Waals surface area contributed by atoms with Crippen LogP contribution in [0.5, 0.6) is 0 Å². The van der Waals surface area contributed by atoms with Gasteiger partial charge in [-0.05, 0) is 44.7 Å². The van der Waals surface area contributed by atoms with Crippen LogP contribution in [0.25, 0.3) is 0 Å². The topological polar surface area (TPSA) is 72.9 Å². The molecular formula is C13H27N3O3S. The lowest BCUT2D eigenvalue weighted by Crippen LogP contribution is -2.54. The van der Waals surface area contributed by atoms with Crippen molar-refractivity contribution in [3.05, 3.63) is 0 Å². The molecule has 3 atom stereocenters. The Morgan fingerprint density at radius 2 is 2.00 bits per heavy atom. The van der Waals surface area contributed by atoms with Gasteiger partial charge in [-0.2, -0.15) is 17.4 Å². The Labute approximate surface area is 122 Å². The first-order valence-corrected chi connectivity index (χ1v) is 8.93. The van der Waals surface area contributed by atoms with E-state index in [0.29, 0.717) is 19.0 Å². The predicted octanol–water partition coefficient (Wildman–Crippen LogP) is -0.135. The Kier molecular flexibility index (Phi) is 5.42. The van der Waals surface area contributed by atoms with E-state index in [1.54, 1.807) is 0 Å². The molecule has 2 aliphatic rings. The van der Waals surface area contributed by atoms with Crippen molar-refractivity contribution in [1.29, 1.82) is 0 Å². The Bertz CT molecular complexity index is 415. The van der Waals surface area contributed by atoms with Gasteiger partial charge in [-0.3, -0.25) is 0 Å². The highest BCUT2D eigenvalue weighted by atomic mass is 32.2. The third kappa shape index (κ3) is 3.92. The van der Waals surface area contributed by atoms with E-state index in [1.165, 1.54) is 4.31 Å². The summed E-state index contributed by atoms with van der Waals surface area (Å²) in [5.74, 6) is 0.400. The molecule has 3 unspecified atom stereocenters. The molecule has 0 aromatic carbocycles. The smallest absolute Gasteiger partial charge is 0.279 e. The van der Waals surface area contributed by atoms with Crippen LogP contribution in [0.4, 0.5) is 0 Å². The number of hydrogen-bond donors (Lipinski definition) is 2. The number of hydrogen-bond acceptors (Lipinski definition) is 4. The van der Waals surface area contributed by atoms with E-state index in [2.05, 4.69) is 23.6 Å². The molecule has 6 nitrogen and oxygen atoms in total. The van der Waals surface area contributed by atoms with Crippen LogP contribution >= 0.6 is 0 Å². The van der Waals surface area contributed by atoms with Gasteiger partial charge in [0.15, 0.2) is 0 Å². The van der Waals surface area contributed by atoms with Gasteiger partial charge in [-0.1, -0.05) is 6.92 Å². The maximum atomic E-state index is 12.5. The molecule has 2 aliphatic heterocycles. The Morgan fingerprint density at radius 3 is 2.65 bits per heavy atom. The summed E-state index contributed by atoms with van der Waals surface area (Å²) < 4.78 is 29.3. The van der Waals surface area contributed by atoms with Crippen LogP contribution in [0.3, 0.4) is 0 Å². The lowest BCUT2D eigenvalue weighted by molar-refractivity contribution is 0.160. The first kappa shape index (κ1) is 16.2. The standard InChI is InChI=1S/C13H27N3O3S/c1-11-8-15(2)7-5-13(11)14-20(18,19)16-6-3-4-12(9-16)10-17/h11-14,17H,3-10H2,1-2H3. The first-order valence-electron chi connectivity index (χ1n) is 7.49. The van der Waals surface area contributed by atoms with Crippen LogP contribution in [-0.2, 0) is 10.2 Å². The molecule has 20 heavy (non-hydrogen) atoms. The maximum absolute atomic E-state index is 12.5. The van der Waals surface area contributed by atoms with Crippen molar-refractivity contribution in [2.75, 3.05) is 39.8 Å². The minimum absolute atomic E-state index is 0.0192. The number of rotatable bonds is 4. The van der Waals surface area contributed by atoms with E-state index < -0.39 is 10.2 Å². The zero-order chi connectivity index (χ0) is 14.8. The monoisotopic (exact) mass is 305 g/mol. The maximum Gasteiger partial charge on any atom is 0.279 e. The molecule has 7 heteroatoms. The Balaban J connectivity index is 1.96. The highest BCUT2D eigenvalue weighted by Gasteiger charge is 2.33. The Morgan fingerprint density at radius 1 is 1.25 bits per heavy atom. The molecule has 0 bridgehead atoms. The van der Waals surface area contributed by atoms with Crippen molar-refractivity contribution in [1.82, 2.24) is 13.9 Å². The van der Waals surface area contributed by atoms with E-state index in [4.69, 9.17) is 0 Å². The molecule has 2 saturated heterocycles. The summed E-state index contributed by atoms with van der Waals surface area (Å²) >= 11 is 0. The fourth-order valence-electron chi connectivity index (χ4n) is 3.19. The van der Waals surface area contributed by atoms with Gasteiger partial charge in [-0.25, -0.2) is 0 Å². The van der Waals surface area contributed by atoms with Gasteiger partial charge in [0.2, 0.25) is 0 Å². The van der Waals surface area contributed by atoms with Crippen molar-refractivity contribution in [2.45, 2.75) is 32.2 Å². The van der Waals surface area contributed by atoms with Crippen molar-refractivity contribution in [3.8, 4) is 0 Å². The van der Waals surface area contributed by atoms with Crippen molar-refractivity contribution in [2.24, 2.45) is 11.8 Å². The predicted molar refractivity (Wildman–Crippen MR) is 78.5 cm³/mol. The number of nitrogens with one attached hydrogen (secondary N) is 1. The molecule has 118 valence electrons. The number of piperidine rings is 2. The van der Waals surface area contributed by atoms with E-state index in [1.807, 2.05) is 0 Å². The minimum Gasteiger partial charge on any atom is -0.396 e. The van der Waals surface area contributed by atoms with Gasteiger partial charge < -0.3 is 10.0 Å². The molecule has 0 aliphatic carbocycles. The van der Waals surface area contributed by atoms with Crippen LogP contribution in [0, 0.1) is 11.8 Å².